The number of urea groups is 1. The van der Waals surface area contributed by atoms with E-state index in [1.165, 1.54) is 12.3 Å². The number of carbonyl (C=O) groups excluding carboxylic acids is 1. The van der Waals surface area contributed by atoms with Crippen molar-refractivity contribution in [3.05, 3.63) is 24.0 Å². The van der Waals surface area contributed by atoms with E-state index in [2.05, 4.69) is 17.2 Å². The van der Waals surface area contributed by atoms with Gasteiger partial charge in [0.05, 0.1) is 5.69 Å². The Hall–Kier alpha value is -2.11. The number of carboxylic acid groups (broad SMARTS) is 1. The fourth-order valence-electron chi connectivity index (χ4n) is 1.99. The summed E-state index contributed by atoms with van der Waals surface area (Å²) in [4.78, 5) is 28.3. The molecule has 2 amide bonds. The van der Waals surface area contributed by atoms with Gasteiger partial charge in [0.1, 0.15) is 0 Å². The van der Waals surface area contributed by atoms with Crippen LogP contribution in [0.1, 0.15) is 23.8 Å². The van der Waals surface area contributed by atoms with Gasteiger partial charge >= 0.3 is 12.0 Å². The zero-order chi connectivity index (χ0) is 13.1. The predicted molar refractivity (Wildman–Crippen MR) is 65.6 cm³/mol. The Labute approximate surface area is 105 Å². The van der Waals surface area contributed by atoms with Gasteiger partial charge in [-0.3, -0.25) is 0 Å². The average molecular weight is 249 g/mol. The predicted octanol–water partition coefficient (Wildman–Crippen LogP) is 1.65. The fraction of sp³-hybridized carbons (Fsp3) is 0.417. The summed E-state index contributed by atoms with van der Waals surface area (Å²) in [5.41, 5.74) is 0.0904. The largest absolute Gasteiger partial charge is 0.476 e. The van der Waals surface area contributed by atoms with Crippen molar-refractivity contribution < 1.29 is 14.7 Å². The van der Waals surface area contributed by atoms with Gasteiger partial charge in [0.25, 0.3) is 0 Å². The molecule has 6 nitrogen and oxygen atoms in total. The summed E-state index contributed by atoms with van der Waals surface area (Å²) in [5.74, 6) is -0.663. The number of nitrogens with zero attached hydrogens (tertiary/aromatic N) is 2. The van der Waals surface area contributed by atoms with Crippen LogP contribution in [0.2, 0.25) is 0 Å². The number of aromatic carboxylic acids is 1. The first kappa shape index (κ1) is 12.3. The molecular weight excluding hydrogens is 234 g/mol. The van der Waals surface area contributed by atoms with Crippen molar-refractivity contribution in [1.29, 1.82) is 0 Å². The molecule has 18 heavy (non-hydrogen) atoms. The Morgan fingerprint density at radius 3 is 2.94 bits per heavy atom. The number of rotatable bonds is 2. The number of nitrogens with one attached hydrogen (secondary N) is 1. The molecule has 1 unspecified atom stereocenters. The van der Waals surface area contributed by atoms with Crippen molar-refractivity contribution in [1.82, 2.24) is 9.88 Å². The van der Waals surface area contributed by atoms with E-state index in [9.17, 15) is 9.59 Å². The van der Waals surface area contributed by atoms with Crippen LogP contribution in [0.25, 0.3) is 0 Å². The van der Waals surface area contributed by atoms with Crippen LogP contribution in [0.15, 0.2) is 18.3 Å². The molecule has 0 aromatic carbocycles. The highest BCUT2D eigenvalue weighted by molar-refractivity contribution is 5.98. The van der Waals surface area contributed by atoms with E-state index >= 15 is 0 Å². The Balaban J connectivity index is 2.09. The summed E-state index contributed by atoms with van der Waals surface area (Å²) in [6, 6.07) is 2.86. The van der Waals surface area contributed by atoms with Crippen molar-refractivity contribution >= 4 is 17.7 Å². The molecule has 1 aliphatic heterocycles. The minimum atomic E-state index is -1.15. The zero-order valence-electron chi connectivity index (χ0n) is 10.1. The van der Waals surface area contributed by atoms with Crippen molar-refractivity contribution in [3.63, 3.8) is 0 Å². The quantitative estimate of drug-likeness (QED) is 0.835. The lowest BCUT2D eigenvalue weighted by Crippen LogP contribution is -2.33. The number of carboxylic acids is 1. The van der Waals surface area contributed by atoms with E-state index < -0.39 is 5.97 Å². The van der Waals surface area contributed by atoms with Crippen molar-refractivity contribution in [3.8, 4) is 0 Å². The summed E-state index contributed by atoms with van der Waals surface area (Å²) >= 11 is 0. The van der Waals surface area contributed by atoms with Gasteiger partial charge in [-0.2, -0.15) is 0 Å². The highest BCUT2D eigenvalue weighted by Crippen LogP contribution is 2.18. The summed E-state index contributed by atoms with van der Waals surface area (Å²) in [5, 5.41) is 11.6. The van der Waals surface area contributed by atoms with Crippen LogP contribution in [0.5, 0.6) is 0 Å². The average Bonchev–Trinajstić information content (AvgIpc) is 2.76. The third-order valence-electron chi connectivity index (χ3n) is 2.96. The second kappa shape index (κ2) is 5.03. The third kappa shape index (κ3) is 2.58. The van der Waals surface area contributed by atoms with E-state index in [0.29, 0.717) is 19.0 Å². The van der Waals surface area contributed by atoms with Crippen LogP contribution in [0.4, 0.5) is 10.5 Å². The van der Waals surface area contributed by atoms with Crippen LogP contribution < -0.4 is 5.32 Å². The van der Waals surface area contributed by atoms with Crippen molar-refractivity contribution in [2.75, 3.05) is 18.4 Å². The highest BCUT2D eigenvalue weighted by Gasteiger charge is 2.24. The molecule has 0 spiro atoms. The summed E-state index contributed by atoms with van der Waals surface area (Å²) in [7, 11) is 0. The Kier molecular flexibility index (Phi) is 3.45. The number of hydrogen-bond acceptors (Lipinski definition) is 3. The molecule has 2 rings (SSSR count). The lowest BCUT2D eigenvalue weighted by atomic mass is 10.2. The Bertz CT molecular complexity index is 475. The molecule has 1 fully saturated rings. The van der Waals surface area contributed by atoms with Gasteiger partial charge < -0.3 is 15.3 Å². The van der Waals surface area contributed by atoms with Crippen molar-refractivity contribution in [2.24, 2.45) is 5.92 Å². The van der Waals surface area contributed by atoms with Crippen LogP contribution in [-0.4, -0.2) is 40.1 Å². The number of aromatic nitrogens is 1. The molecule has 0 saturated carbocycles. The number of hydrogen-bond donors (Lipinski definition) is 2. The molecule has 0 aliphatic carbocycles. The Morgan fingerprint density at radius 2 is 2.33 bits per heavy atom. The first-order valence-electron chi connectivity index (χ1n) is 5.82. The summed E-state index contributed by atoms with van der Waals surface area (Å²) in [6.07, 6.45) is 2.36. The molecular formula is C12H15N3O3. The van der Waals surface area contributed by atoms with Crippen LogP contribution in [-0.2, 0) is 0 Å². The van der Waals surface area contributed by atoms with E-state index in [1.54, 1.807) is 11.0 Å². The molecule has 2 N–H and O–H groups in total. The van der Waals surface area contributed by atoms with Gasteiger partial charge in [-0.15, -0.1) is 0 Å². The van der Waals surface area contributed by atoms with Crippen LogP contribution in [0, 0.1) is 5.92 Å². The summed E-state index contributed by atoms with van der Waals surface area (Å²) < 4.78 is 0. The SMILES string of the molecule is CC1CCN(C(=O)Nc2cccnc2C(=O)O)C1. The van der Waals surface area contributed by atoms with Crippen molar-refractivity contribution in [2.45, 2.75) is 13.3 Å². The molecule has 1 aliphatic rings. The fourth-order valence-corrected chi connectivity index (χ4v) is 1.99. The molecule has 2 heterocycles. The number of anilines is 1. The smallest absolute Gasteiger partial charge is 0.356 e. The first-order valence-corrected chi connectivity index (χ1v) is 5.82. The molecule has 1 aromatic rings. The minimum absolute atomic E-state index is 0.141. The number of amides is 2. The number of likely N-dealkylation sites (tertiary alicyclic amines) is 1. The minimum Gasteiger partial charge on any atom is -0.476 e. The van der Waals surface area contributed by atoms with Gasteiger partial charge in [0, 0.05) is 19.3 Å². The normalized spacial score (nSPS) is 18.7. The maximum absolute atomic E-state index is 11.9. The second-order valence-corrected chi connectivity index (χ2v) is 4.47. The lowest BCUT2D eigenvalue weighted by Gasteiger charge is -2.17. The number of carbonyl (C=O) groups is 2. The Morgan fingerprint density at radius 1 is 1.56 bits per heavy atom. The van der Waals surface area contributed by atoms with E-state index in [4.69, 9.17) is 5.11 Å². The monoisotopic (exact) mass is 249 g/mol. The number of pyridine rings is 1. The second-order valence-electron chi connectivity index (χ2n) is 4.47. The lowest BCUT2D eigenvalue weighted by molar-refractivity contribution is 0.0691. The van der Waals surface area contributed by atoms with Gasteiger partial charge in [-0.05, 0) is 24.5 Å². The highest BCUT2D eigenvalue weighted by atomic mass is 16.4. The van der Waals surface area contributed by atoms with Crippen LogP contribution in [0.3, 0.4) is 0 Å². The molecule has 1 saturated heterocycles. The van der Waals surface area contributed by atoms with Gasteiger partial charge in [-0.25, -0.2) is 14.6 Å². The zero-order valence-corrected chi connectivity index (χ0v) is 10.1. The van der Waals surface area contributed by atoms with Crippen LogP contribution >= 0.6 is 0 Å². The molecule has 6 heteroatoms. The maximum Gasteiger partial charge on any atom is 0.356 e. The molecule has 0 radical (unpaired) electrons. The standard InChI is InChI=1S/C12H15N3O3/c1-8-4-6-15(7-8)12(18)14-9-3-2-5-13-10(9)11(16)17/h2-3,5,8H,4,6-7H2,1H3,(H,14,18)(H,16,17). The maximum atomic E-state index is 11.9. The first-order chi connectivity index (χ1) is 8.58. The molecule has 1 atom stereocenters. The molecule has 96 valence electrons. The van der Waals surface area contributed by atoms with Gasteiger partial charge in [0.2, 0.25) is 0 Å². The van der Waals surface area contributed by atoms with E-state index in [-0.39, 0.29) is 17.4 Å². The van der Waals surface area contributed by atoms with Gasteiger partial charge in [0.15, 0.2) is 5.69 Å². The van der Waals surface area contributed by atoms with E-state index in [0.717, 1.165) is 6.42 Å². The topological polar surface area (TPSA) is 82.5 Å². The van der Waals surface area contributed by atoms with Gasteiger partial charge in [-0.1, -0.05) is 6.92 Å². The van der Waals surface area contributed by atoms with E-state index in [1.807, 2.05) is 0 Å². The third-order valence-corrected chi connectivity index (χ3v) is 2.96. The molecule has 1 aromatic heterocycles. The molecule has 0 bridgehead atoms. The summed E-state index contributed by atoms with van der Waals surface area (Å²) in [6.45, 7) is 3.49.